The van der Waals surface area contributed by atoms with Crippen LogP contribution in [0, 0.1) is 0 Å². The van der Waals surface area contributed by atoms with Gasteiger partial charge in [0, 0.05) is 13.2 Å². The van der Waals surface area contributed by atoms with Crippen molar-refractivity contribution in [2.45, 2.75) is 6.92 Å². The molecule has 0 atom stereocenters. The lowest BCUT2D eigenvalue weighted by Crippen LogP contribution is -2.27. The Morgan fingerprint density at radius 3 is 3.00 bits per heavy atom. The summed E-state index contributed by atoms with van der Waals surface area (Å²) in [5.74, 6) is -0.306. The SMILES string of the molecule is CCOCCNC(=O)c1cc(O)ccc1Cl. The lowest BCUT2D eigenvalue weighted by atomic mass is 10.2. The van der Waals surface area contributed by atoms with Crippen molar-refractivity contribution in [3.63, 3.8) is 0 Å². The number of hydrogen-bond donors (Lipinski definition) is 2. The van der Waals surface area contributed by atoms with E-state index in [4.69, 9.17) is 16.3 Å². The highest BCUT2D eigenvalue weighted by Crippen LogP contribution is 2.20. The summed E-state index contributed by atoms with van der Waals surface area (Å²) < 4.78 is 5.08. The van der Waals surface area contributed by atoms with Crippen molar-refractivity contribution in [3.8, 4) is 5.75 Å². The zero-order valence-electron chi connectivity index (χ0n) is 9.00. The normalized spacial score (nSPS) is 10.1. The Bertz CT molecular complexity index is 368. The van der Waals surface area contributed by atoms with Crippen LogP contribution >= 0.6 is 11.6 Å². The smallest absolute Gasteiger partial charge is 0.253 e. The topological polar surface area (TPSA) is 58.6 Å². The van der Waals surface area contributed by atoms with Gasteiger partial charge in [-0.1, -0.05) is 11.6 Å². The van der Waals surface area contributed by atoms with Gasteiger partial charge in [-0.2, -0.15) is 0 Å². The number of amides is 1. The number of hydrogen-bond acceptors (Lipinski definition) is 3. The number of phenols is 1. The van der Waals surface area contributed by atoms with Crippen LogP contribution in [0.25, 0.3) is 0 Å². The minimum atomic E-state index is -0.319. The van der Waals surface area contributed by atoms with E-state index < -0.39 is 0 Å². The zero-order valence-corrected chi connectivity index (χ0v) is 9.75. The Hall–Kier alpha value is -1.26. The Kier molecular flexibility index (Phi) is 5.08. The lowest BCUT2D eigenvalue weighted by molar-refractivity contribution is 0.0922. The van der Waals surface area contributed by atoms with Crippen LogP contribution in [0.3, 0.4) is 0 Å². The molecule has 2 N–H and O–H groups in total. The number of halogens is 1. The molecule has 1 rings (SSSR count). The molecule has 1 aromatic rings. The van der Waals surface area contributed by atoms with Gasteiger partial charge in [-0.3, -0.25) is 4.79 Å². The van der Waals surface area contributed by atoms with Crippen LogP contribution in [0.5, 0.6) is 5.75 Å². The van der Waals surface area contributed by atoms with Crippen LogP contribution in [0.15, 0.2) is 18.2 Å². The first-order valence-corrected chi connectivity index (χ1v) is 5.37. The molecule has 88 valence electrons. The van der Waals surface area contributed by atoms with Crippen LogP contribution in [0.2, 0.25) is 5.02 Å². The standard InChI is InChI=1S/C11H14ClNO3/c1-2-16-6-5-13-11(15)9-7-8(14)3-4-10(9)12/h3-4,7,14H,2,5-6H2,1H3,(H,13,15). The Labute approximate surface area is 99.2 Å². The van der Waals surface area contributed by atoms with Gasteiger partial charge in [0.25, 0.3) is 5.91 Å². The first-order valence-electron chi connectivity index (χ1n) is 4.99. The molecule has 0 fully saturated rings. The fourth-order valence-corrected chi connectivity index (χ4v) is 1.37. The monoisotopic (exact) mass is 243 g/mol. The molecule has 0 aliphatic carbocycles. The quantitative estimate of drug-likeness (QED) is 0.776. The van der Waals surface area contributed by atoms with E-state index in [1.54, 1.807) is 0 Å². The minimum Gasteiger partial charge on any atom is -0.508 e. The molecule has 0 unspecified atom stereocenters. The van der Waals surface area contributed by atoms with Crippen LogP contribution < -0.4 is 5.32 Å². The molecular weight excluding hydrogens is 230 g/mol. The van der Waals surface area contributed by atoms with Crippen LogP contribution in [0.4, 0.5) is 0 Å². The van der Waals surface area contributed by atoms with Gasteiger partial charge in [0.2, 0.25) is 0 Å². The fourth-order valence-electron chi connectivity index (χ4n) is 1.16. The number of benzene rings is 1. The number of ether oxygens (including phenoxy) is 1. The Morgan fingerprint density at radius 2 is 2.31 bits per heavy atom. The molecule has 0 bridgehead atoms. The first-order chi connectivity index (χ1) is 7.65. The third-order valence-corrected chi connectivity index (χ3v) is 2.26. The molecule has 1 aromatic carbocycles. The number of phenolic OH excluding ortho intramolecular Hbond substituents is 1. The fraction of sp³-hybridized carbons (Fsp3) is 0.364. The predicted molar refractivity (Wildman–Crippen MR) is 61.9 cm³/mol. The van der Waals surface area contributed by atoms with Gasteiger partial charge in [-0.25, -0.2) is 0 Å². The molecule has 0 aliphatic heterocycles. The van der Waals surface area contributed by atoms with Gasteiger partial charge in [0.05, 0.1) is 17.2 Å². The summed E-state index contributed by atoms with van der Waals surface area (Å²) in [5.41, 5.74) is 0.262. The third-order valence-electron chi connectivity index (χ3n) is 1.93. The van der Waals surface area contributed by atoms with Crippen LogP contribution in [0.1, 0.15) is 17.3 Å². The second kappa shape index (κ2) is 6.35. The number of aromatic hydroxyl groups is 1. The van der Waals surface area contributed by atoms with E-state index in [9.17, 15) is 9.90 Å². The van der Waals surface area contributed by atoms with E-state index >= 15 is 0 Å². The summed E-state index contributed by atoms with van der Waals surface area (Å²) in [6.07, 6.45) is 0. The lowest BCUT2D eigenvalue weighted by Gasteiger charge is -2.07. The molecule has 4 nitrogen and oxygen atoms in total. The summed E-state index contributed by atoms with van der Waals surface area (Å²) in [7, 11) is 0. The van der Waals surface area contributed by atoms with E-state index in [-0.39, 0.29) is 17.2 Å². The average Bonchev–Trinajstić information content (AvgIpc) is 2.27. The molecule has 0 radical (unpaired) electrons. The van der Waals surface area contributed by atoms with Gasteiger partial charge in [0.1, 0.15) is 5.75 Å². The van der Waals surface area contributed by atoms with Crippen molar-refractivity contribution in [3.05, 3.63) is 28.8 Å². The van der Waals surface area contributed by atoms with Crippen molar-refractivity contribution >= 4 is 17.5 Å². The highest BCUT2D eigenvalue weighted by atomic mass is 35.5. The summed E-state index contributed by atoms with van der Waals surface area (Å²) >= 11 is 5.83. The van der Waals surface area contributed by atoms with Gasteiger partial charge in [-0.15, -0.1) is 0 Å². The maximum absolute atomic E-state index is 11.6. The van der Waals surface area contributed by atoms with Gasteiger partial charge >= 0.3 is 0 Å². The van der Waals surface area contributed by atoms with E-state index in [2.05, 4.69) is 5.32 Å². The molecule has 0 heterocycles. The molecular formula is C11H14ClNO3. The average molecular weight is 244 g/mol. The van der Waals surface area contributed by atoms with E-state index in [1.165, 1.54) is 18.2 Å². The second-order valence-corrected chi connectivity index (χ2v) is 3.52. The summed E-state index contributed by atoms with van der Waals surface area (Å²) in [4.78, 5) is 11.6. The zero-order chi connectivity index (χ0) is 12.0. The molecule has 5 heteroatoms. The first kappa shape index (κ1) is 12.8. The van der Waals surface area contributed by atoms with E-state index in [0.29, 0.717) is 24.8 Å². The third kappa shape index (κ3) is 3.72. The number of nitrogens with one attached hydrogen (secondary N) is 1. The highest BCUT2D eigenvalue weighted by molar-refractivity contribution is 6.33. The molecule has 0 saturated heterocycles. The molecule has 0 aromatic heterocycles. The van der Waals surface area contributed by atoms with Crippen molar-refractivity contribution in [1.82, 2.24) is 5.32 Å². The maximum atomic E-state index is 11.6. The largest absolute Gasteiger partial charge is 0.508 e. The molecule has 16 heavy (non-hydrogen) atoms. The molecule has 1 amide bonds. The van der Waals surface area contributed by atoms with Crippen LogP contribution in [-0.2, 0) is 4.74 Å². The van der Waals surface area contributed by atoms with Crippen molar-refractivity contribution in [1.29, 1.82) is 0 Å². The molecule has 0 aliphatic rings. The summed E-state index contributed by atoms with van der Waals surface area (Å²) in [6, 6.07) is 4.24. The Morgan fingerprint density at radius 1 is 1.56 bits per heavy atom. The van der Waals surface area contributed by atoms with Gasteiger partial charge < -0.3 is 15.2 Å². The van der Waals surface area contributed by atoms with Gasteiger partial charge in [0.15, 0.2) is 0 Å². The van der Waals surface area contributed by atoms with E-state index in [0.717, 1.165) is 0 Å². The number of carbonyl (C=O) groups is 1. The molecule has 0 saturated carbocycles. The number of rotatable bonds is 5. The Balaban J connectivity index is 2.55. The summed E-state index contributed by atoms with van der Waals surface area (Å²) in [5, 5.41) is 12.2. The predicted octanol–water partition coefficient (Wildman–Crippen LogP) is 1.81. The highest BCUT2D eigenvalue weighted by Gasteiger charge is 2.10. The van der Waals surface area contributed by atoms with Crippen molar-refractivity contribution < 1.29 is 14.6 Å². The van der Waals surface area contributed by atoms with E-state index in [1.807, 2.05) is 6.92 Å². The van der Waals surface area contributed by atoms with Crippen molar-refractivity contribution in [2.24, 2.45) is 0 Å². The minimum absolute atomic E-state index is 0.0133. The molecule has 0 spiro atoms. The second-order valence-electron chi connectivity index (χ2n) is 3.12. The number of carbonyl (C=O) groups excluding carboxylic acids is 1. The maximum Gasteiger partial charge on any atom is 0.253 e. The van der Waals surface area contributed by atoms with Crippen molar-refractivity contribution in [2.75, 3.05) is 19.8 Å². The van der Waals surface area contributed by atoms with Gasteiger partial charge in [-0.05, 0) is 25.1 Å². The summed E-state index contributed by atoms with van der Waals surface area (Å²) in [6.45, 7) is 3.37. The van der Waals surface area contributed by atoms with Crippen LogP contribution in [-0.4, -0.2) is 30.8 Å².